The summed E-state index contributed by atoms with van der Waals surface area (Å²) in [6, 6.07) is 5.30. The summed E-state index contributed by atoms with van der Waals surface area (Å²) in [5.74, 6) is -17.1. The van der Waals surface area contributed by atoms with Crippen molar-refractivity contribution in [3.05, 3.63) is 84.7 Å². The van der Waals surface area contributed by atoms with Gasteiger partial charge < -0.3 is 38.2 Å². The summed E-state index contributed by atoms with van der Waals surface area (Å²) < 4.78 is 297. The van der Waals surface area contributed by atoms with Gasteiger partial charge in [0.25, 0.3) is 0 Å². The maximum Gasteiger partial charge on any atom is 0.427 e. The minimum Gasteiger partial charge on any atom is -0.494 e. The maximum absolute atomic E-state index is 15.1. The third-order valence-corrected chi connectivity index (χ3v) is 27.3. The van der Waals surface area contributed by atoms with E-state index in [1.54, 1.807) is 50.3 Å². The number of benzene rings is 2. The molecule has 4 aliphatic carbocycles. The highest BCUT2D eigenvalue weighted by atomic mass is 32.2. The Labute approximate surface area is 686 Å². The minimum atomic E-state index is -6.13. The monoisotopic (exact) mass is 1690 g/mol. The number of hydrogen-bond acceptors (Lipinski definition) is 20. The van der Waals surface area contributed by atoms with Gasteiger partial charge in [-0.3, -0.25) is 47.8 Å². The summed E-state index contributed by atoms with van der Waals surface area (Å²) in [4.78, 5) is 125. The zero-order valence-electron chi connectivity index (χ0n) is 76.5. The number of hydrogen-bond donors (Lipinski definition) is 2. The second kappa shape index (κ2) is 34.4. The average Bonchev–Trinajstić information content (AvgIpc) is 0.929. The van der Waals surface area contributed by atoms with Gasteiger partial charge in [-0.15, -0.1) is 0 Å². The summed E-state index contributed by atoms with van der Waals surface area (Å²) in [6.45, 7) is -11.6. The van der Waals surface area contributed by atoms with E-state index in [1.165, 1.54) is 38.7 Å². The highest BCUT2D eigenvalue weighted by molar-refractivity contribution is 7.91. The first-order valence-electron chi connectivity index (χ1n) is 44.7. The van der Waals surface area contributed by atoms with E-state index >= 15 is 9.59 Å². The van der Waals surface area contributed by atoms with Crippen molar-refractivity contribution < 1.29 is 135 Å². The quantitative estimate of drug-likeness (QED) is 0.0472. The normalized spacial score (nSPS) is 31.1. The first kappa shape index (κ1) is 72.7. The second-order valence-corrected chi connectivity index (χ2v) is 36.1. The number of pyridine rings is 2. The standard InChI is InChI=1S/2C41H51F4N3O9S/c2*1-6-24-15-23(2)9-7-8-10-26-20-40(26,38(52)47-58(53,54)28-11-12-28)21-33(49)32-17-27(56-36-29-18-31(42)34(55-5)16-25(29)13-14-46-36)22-48(32)37(51)30(24)19-35(50)57-39(3,4)41(43,44)45/h2*8,10,13-14,16,18,23-24,26-28,30,32H,6-7,9,11-12,15,17,19-22H2,1-5H3,(H,47,52)/b2*10-8-/t23-,24+,26+,27+,30-,32-,40+;23-,24-,26-,27-,30+,32+,40-/m01/s1/i2*3D3,4D3. The number of allylic oxidation sites excluding steroid dienone is 4. The van der Waals surface area contributed by atoms with Gasteiger partial charge in [-0.1, -0.05) is 64.8 Å². The summed E-state index contributed by atoms with van der Waals surface area (Å²) in [7, 11) is -5.54. The predicted molar refractivity (Wildman–Crippen MR) is 407 cm³/mol. The highest BCUT2D eigenvalue weighted by Crippen LogP contribution is 2.59. The molecule has 2 saturated heterocycles. The number of esters is 2. The van der Waals surface area contributed by atoms with Crippen LogP contribution in [0.4, 0.5) is 35.1 Å². The molecule has 636 valence electrons. The average molecular weight is 1690 g/mol. The summed E-state index contributed by atoms with van der Waals surface area (Å²) in [6.07, 6.45) is -4.38. The molecular formula is C82H102F8N6O18S2. The van der Waals surface area contributed by atoms with Gasteiger partial charge in [0, 0.05) is 65.3 Å². The molecule has 2 aromatic heterocycles. The fraction of sp³-hybridized carbons (Fsp3) is 0.634. The summed E-state index contributed by atoms with van der Waals surface area (Å²) in [5, 5.41) is -0.218. The number of methoxy groups -OCH3 is 2. The Morgan fingerprint density at radius 3 is 1.27 bits per heavy atom. The van der Waals surface area contributed by atoms with Crippen LogP contribution in [0.1, 0.15) is 200 Å². The molecule has 4 saturated carbocycles. The SMILES string of the molecule is [2H]C([2H])([2H])C(OC(=O)C[C@@H]1C(=O)N2C[C@H](Oc3nccc4cc(OC)c(F)cc34)C[C@H]2C(=O)C[C@]2(C(=O)NS(=O)(=O)C3CC3)C[C@H]2/C=C\CC[C@@H](C)C[C@H]1CC)(C([2H])([2H])[2H])C(F)(F)F.[2H]C([2H])([2H])C(OC(=O)C[C@@H]1C(=O)N2C[C@H](Oc3nccc4cc(OC)c(F)cc34)C[C@H]2C(=O)C[C@]2(C(=O)NS(=O)(=O)C3CC3)C[C@H]2/C=C\CC[C@H](C)C[C@H]1CC)(C([2H])([2H])[2H])C(F)(F)F. The van der Waals surface area contributed by atoms with Crippen molar-refractivity contribution >= 4 is 88.7 Å². The molecule has 6 heterocycles. The number of aromatic nitrogens is 2. The Balaban J connectivity index is 0.000000248. The van der Waals surface area contributed by atoms with E-state index in [0.717, 1.165) is 21.9 Å². The van der Waals surface area contributed by atoms with Gasteiger partial charge in [-0.2, -0.15) is 26.3 Å². The molecule has 8 aliphatic rings. The lowest BCUT2D eigenvalue weighted by Gasteiger charge is -2.34. The lowest BCUT2D eigenvalue weighted by molar-refractivity contribution is -0.257. The van der Waals surface area contributed by atoms with Crippen molar-refractivity contribution in [1.82, 2.24) is 29.2 Å². The number of rotatable bonds is 20. The van der Waals surface area contributed by atoms with Gasteiger partial charge in [0.1, 0.15) is 12.2 Å². The fourth-order valence-corrected chi connectivity index (χ4v) is 19.3. The molecule has 24 nitrogen and oxygen atoms in total. The van der Waals surface area contributed by atoms with Gasteiger partial charge in [0.2, 0.25) is 66.6 Å². The molecule has 0 radical (unpaired) electrons. The Hall–Kier alpha value is -8.56. The smallest absolute Gasteiger partial charge is 0.427 e. The molecular weight excluding hydrogens is 1570 g/mol. The highest BCUT2D eigenvalue weighted by Gasteiger charge is 2.64. The third kappa shape index (κ3) is 19.7. The number of sulfonamides is 2. The Morgan fingerprint density at radius 2 is 0.940 bits per heavy atom. The summed E-state index contributed by atoms with van der Waals surface area (Å²) >= 11 is 0. The lowest BCUT2D eigenvalue weighted by Crippen LogP contribution is -2.48. The first-order valence-corrected chi connectivity index (χ1v) is 41.7. The van der Waals surface area contributed by atoms with Crippen molar-refractivity contribution in [3.63, 3.8) is 0 Å². The molecule has 2 N–H and O–H groups in total. The van der Waals surface area contributed by atoms with Crippen LogP contribution in [0.5, 0.6) is 23.3 Å². The number of alkyl halides is 6. The van der Waals surface area contributed by atoms with Crippen LogP contribution in [0.25, 0.3) is 21.5 Å². The van der Waals surface area contributed by atoms with Crippen LogP contribution in [-0.2, 0) is 67.9 Å². The zero-order chi connectivity index (χ0) is 94.7. The number of ether oxygens (including phenoxy) is 6. The van der Waals surface area contributed by atoms with E-state index in [0.29, 0.717) is 62.1 Å². The maximum atomic E-state index is 15.1. The van der Waals surface area contributed by atoms with Gasteiger partial charge in [0.05, 0.1) is 85.4 Å². The van der Waals surface area contributed by atoms with Gasteiger partial charge in [-0.05, 0) is 187 Å². The largest absolute Gasteiger partial charge is 0.494 e. The second-order valence-electron chi connectivity index (χ2n) is 32.1. The lowest BCUT2D eigenvalue weighted by atomic mass is 9.79. The van der Waals surface area contributed by atoms with Crippen LogP contribution in [0, 0.1) is 69.8 Å². The molecule has 0 spiro atoms. The zero-order valence-corrected chi connectivity index (χ0v) is 66.2. The number of fused-ring (bicyclic) bond motifs is 6. The van der Waals surface area contributed by atoms with Crippen molar-refractivity contribution in [3.8, 4) is 23.3 Å². The van der Waals surface area contributed by atoms with Gasteiger partial charge in [0.15, 0.2) is 34.7 Å². The Morgan fingerprint density at radius 1 is 0.569 bits per heavy atom. The first-order chi connectivity index (χ1) is 59.4. The fourth-order valence-electron chi connectivity index (χ4n) is 16.5. The predicted octanol–water partition coefficient (Wildman–Crippen LogP) is 13.2. The Bertz CT molecular complexity index is 4830. The molecule has 0 bridgehead atoms. The summed E-state index contributed by atoms with van der Waals surface area (Å²) in [5.41, 5.74) is -13.0. The van der Waals surface area contributed by atoms with Crippen LogP contribution in [0.3, 0.4) is 0 Å². The molecule has 12 rings (SSSR count). The van der Waals surface area contributed by atoms with Crippen LogP contribution >= 0.6 is 0 Å². The van der Waals surface area contributed by atoms with Crippen LogP contribution in [0.2, 0.25) is 0 Å². The Kier molecular flexibility index (Phi) is 21.6. The number of Topliss-reactive ketones (excluding diaryl/α,β-unsaturated/α-hetero) is 2. The minimum absolute atomic E-state index is 0.0710. The molecule has 4 aliphatic heterocycles. The van der Waals surface area contributed by atoms with E-state index in [9.17, 15) is 80.7 Å². The van der Waals surface area contributed by atoms with Crippen molar-refractivity contribution in [2.24, 2.45) is 58.2 Å². The number of nitrogens with one attached hydrogen (secondary N) is 2. The van der Waals surface area contributed by atoms with Crippen LogP contribution in [0.15, 0.2) is 73.1 Å². The molecule has 4 aromatic rings. The molecule has 34 heteroatoms. The van der Waals surface area contributed by atoms with E-state index in [4.69, 9.17) is 35.4 Å². The number of carbonyl (C=O) groups is 8. The third-order valence-electron chi connectivity index (χ3n) is 23.7. The number of carbonyl (C=O) groups excluding carboxylic acids is 8. The topological polar surface area (TPSA) is 317 Å². The number of ketones is 2. The van der Waals surface area contributed by atoms with Gasteiger partial charge in [-0.25, -0.2) is 35.6 Å². The molecule has 6 fully saturated rings. The number of amides is 4. The van der Waals surface area contributed by atoms with Crippen LogP contribution < -0.4 is 28.4 Å². The number of halogens is 8. The van der Waals surface area contributed by atoms with E-state index in [2.05, 4.69) is 28.9 Å². The van der Waals surface area contributed by atoms with Crippen molar-refractivity contribution in [1.29, 1.82) is 0 Å². The molecule has 14 atom stereocenters. The molecule has 116 heavy (non-hydrogen) atoms. The van der Waals surface area contributed by atoms with Gasteiger partial charge >= 0.3 is 24.3 Å². The molecule has 4 amide bonds. The molecule has 0 unspecified atom stereocenters. The van der Waals surface area contributed by atoms with E-state index in [1.807, 2.05) is 13.8 Å². The van der Waals surface area contributed by atoms with E-state index in [-0.39, 0.29) is 97.2 Å². The molecule has 2 aromatic carbocycles. The van der Waals surface area contributed by atoms with Crippen molar-refractivity contribution in [2.75, 3.05) is 27.3 Å². The number of nitrogens with zero attached hydrogens (tertiary/aromatic N) is 4. The van der Waals surface area contributed by atoms with E-state index < -0.39 is 250 Å². The van der Waals surface area contributed by atoms with Crippen LogP contribution in [-0.4, -0.2) is 169 Å². The van der Waals surface area contributed by atoms with Crippen molar-refractivity contribution in [2.45, 2.75) is 242 Å².